The number of aromatic nitrogens is 1. The lowest BCUT2D eigenvalue weighted by Crippen LogP contribution is -2.26. The first-order valence-electron chi connectivity index (χ1n) is 7.80. The van der Waals surface area contributed by atoms with E-state index in [1.54, 1.807) is 0 Å². The molecular weight excluding hydrogens is 284 g/mol. The number of aryl methyl sites for hydroxylation is 1. The number of nitrogens with zero attached hydrogens (tertiary/aromatic N) is 2. The topological polar surface area (TPSA) is 74.9 Å². The molecule has 0 bridgehead atoms. The maximum Gasteiger partial charge on any atom is 0.223 e. The minimum absolute atomic E-state index is 0.0129. The average Bonchev–Trinajstić information content (AvgIpc) is 2.49. The summed E-state index contributed by atoms with van der Waals surface area (Å²) in [6.45, 7) is 6.65. The second kappa shape index (κ2) is 9.61. The van der Waals surface area contributed by atoms with Crippen LogP contribution in [0.1, 0.15) is 31.2 Å². The Labute approximate surface area is 131 Å². The van der Waals surface area contributed by atoms with Crippen LogP contribution in [0.15, 0.2) is 10.9 Å². The fourth-order valence-electron chi connectivity index (χ4n) is 2.38. The van der Waals surface area contributed by atoms with E-state index in [0.717, 1.165) is 25.1 Å². The van der Waals surface area contributed by atoms with Crippen LogP contribution in [0.25, 0.3) is 0 Å². The van der Waals surface area contributed by atoms with Gasteiger partial charge in [-0.15, -0.1) is 0 Å². The SMILES string of the molecule is CCCCN(C)Cc1c(O)c(=O)cc(C)n1CCOCCO. The van der Waals surface area contributed by atoms with Crippen molar-refractivity contribution >= 4 is 0 Å². The number of aliphatic hydroxyl groups excluding tert-OH is 1. The molecule has 0 aliphatic heterocycles. The summed E-state index contributed by atoms with van der Waals surface area (Å²) in [6, 6.07) is 1.44. The third-order valence-electron chi connectivity index (χ3n) is 3.61. The molecule has 1 aromatic heterocycles. The van der Waals surface area contributed by atoms with Gasteiger partial charge in [-0.3, -0.25) is 4.79 Å². The van der Waals surface area contributed by atoms with Gasteiger partial charge in [0.15, 0.2) is 5.75 Å². The first-order chi connectivity index (χ1) is 10.5. The Morgan fingerprint density at radius 2 is 2.09 bits per heavy atom. The number of rotatable bonds is 10. The molecule has 2 N–H and O–H groups in total. The van der Waals surface area contributed by atoms with Crippen molar-refractivity contribution in [1.29, 1.82) is 0 Å². The summed E-state index contributed by atoms with van der Waals surface area (Å²) in [7, 11) is 1.98. The van der Waals surface area contributed by atoms with E-state index in [9.17, 15) is 9.90 Å². The van der Waals surface area contributed by atoms with Gasteiger partial charge in [-0.05, 0) is 26.9 Å². The first-order valence-corrected chi connectivity index (χ1v) is 7.80. The van der Waals surface area contributed by atoms with Gasteiger partial charge in [0.1, 0.15) is 0 Å². The summed E-state index contributed by atoms with van der Waals surface area (Å²) in [4.78, 5) is 13.9. The van der Waals surface area contributed by atoms with E-state index >= 15 is 0 Å². The number of aliphatic hydroxyl groups is 1. The monoisotopic (exact) mass is 312 g/mol. The number of aromatic hydroxyl groups is 1. The van der Waals surface area contributed by atoms with Gasteiger partial charge in [0.25, 0.3) is 0 Å². The van der Waals surface area contributed by atoms with E-state index in [2.05, 4.69) is 11.8 Å². The van der Waals surface area contributed by atoms with Crippen LogP contribution in [-0.2, 0) is 17.8 Å². The average molecular weight is 312 g/mol. The number of ether oxygens (including phenoxy) is 1. The standard InChI is InChI=1S/C16H28N2O4/c1-4-5-6-17(3)12-14-16(21)15(20)11-13(2)18(14)7-9-22-10-8-19/h11,19,21H,4-10,12H2,1-3H3. The number of pyridine rings is 1. The van der Waals surface area contributed by atoms with Crippen molar-refractivity contribution in [2.45, 2.75) is 39.8 Å². The largest absolute Gasteiger partial charge is 0.503 e. The lowest BCUT2D eigenvalue weighted by atomic mass is 10.2. The van der Waals surface area contributed by atoms with Gasteiger partial charge in [-0.1, -0.05) is 13.3 Å². The van der Waals surface area contributed by atoms with E-state index in [1.807, 2.05) is 18.5 Å². The molecule has 126 valence electrons. The van der Waals surface area contributed by atoms with Gasteiger partial charge in [0.05, 0.1) is 25.5 Å². The summed E-state index contributed by atoms with van der Waals surface area (Å²) >= 11 is 0. The Balaban J connectivity index is 2.92. The van der Waals surface area contributed by atoms with Crippen molar-refractivity contribution in [3.8, 4) is 5.75 Å². The Morgan fingerprint density at radius 1 is 1.36 bits per heavy atom. The lowest BCUT2D eigenvalue weighted by molar-refractivity contribution is 0.0858. The van der Waals surface area contributed by atoms with Crippen molar-refractivity contribution in [1.82, 2.24) is 9.47 Å². The molecule has 0 saturated carbocycles. The summed E-state index contributed by atoms with van der Waals surface area (Å²) < 4.78 is 7.21. The van der Waals surface area contributed by atoms with Gasteiger partial charge in [-0.25, -0.2) is 0 Å². The Kier molecular flexibility index (Phi) is 8.16. The molecule has 6 heteroatoms. The zero-order valence-corrected chi connectivity index (χ0v) is 13.8. The summed E-state index contributed by atoms with van der Waals surface area (Å²) in [5.41, 5.74) is 1.08. The molecule has 0 spiro atoms. The predicted molar refractivity (Wildman–Crippen MR) is 86.3 cm³/mol. The molecule has 0 aromatic carbocycles. The fourth-order valence-corrected chi connectivity index (χ4v) is 2.38. The van der Waals surface area contributed by atoms with Crippen molar-refractivity contribution in [3.63, 3.8) is 0 Å². The number of unbranched alkanes of at least 4 members (excludes halogenated alkanes) is 1. The summed E-state index contributed by atoms with van der Waals surface area (Å²) in [5.74, 6) is -0.184. The third kappa shape index (κ3) is 5.44. The molecule has 22 heavy (non-hydrogen) atoms. The second-order valence-corrected chi connectivity index (χ2v) is 5.52. The second-order valence-electron chi connectivity index (χ2n) is 5.52. The molecule has 0 radical (unpaired) electrons. The summed E-state index contributed by atoms with van der Waals surface area (Å²) in [6.07, 6.45) is 2.18. The minimum Gasteiger partial charge on any atom is -0.503 e. The van der Waals surface area contributed by atoms with Crippen molar-refractivity contribution in [2.75, 3.05) is 33.4 Å². The highest BCUT2D eigenvalue weighted by molar-refractivity contribution is 5.29. The highest BCUT2D eigenvalue weighted by Crippen LogP contribution is 2.16. The molecule has 1 rings (SSSR count). The molecule has 0 amide bonds. The molecular formula is C16H28N2O4. The molecule has 1 aromatic rings. The van der Waals surface area contributed by atoms with Crippen LogP contribution in [-0.4, -0.2) is 53.1 Å². The fraction of sp³-hybridized carbons (Fsp3) is 0.688. The van der Waals surface area contributed by atoms with Gasteiger partial charge in [-0.2, -0.15) is 0 Å². The van der Waals surface area contributed by atoms with Crippen LogP contribution in [0.4, 0.5) is 0 Å². The van der Waals surface area contributed by atoms with Crippen LogP contribution >= 0.6 is 0 Å². The Morgan fingerprint density at radius 3 is 2.73 bits per heavy atom. The molecule has 0 atom stereocenters. The van der Waals surface area contributed by atoms with E-state index in [4.69, 9.17) is 9.84 Å². The predicted octanol–water partition coefficient (Wildman–Crippen LogP) is 1.10. The number of hydrogen-bond donors (Lipinski definition) is 2. The maximum atomic E-state index is 11.8. The highest BCUT2D eigenvalue weighted by atomic mass is 16.5. The molecule has 1 heterocycles. The van der Waals surface area contributed by atoms with Crippen LogP contribution in [0.5, 0.6) is 5.75 Å². The smallest absolute Gasteiger partial charge is 0.223 e. The Bertz CT molecular complexity index is 514. The van der Waals surface area contributed by atoms with E-state index in [-0.39, 0.29) is 24.4 Å². The van der Waals surface area contributed by atoms with E-state index in [1.165, 1.54) is 6.07 Å². The van der Waals surface area contributed by atoms with Gasteiger partial charge in [0.2, 0.25) is 5.43 Å². The van der Waals surface area contributed by atoms with E-state index < -0.39 is 0 Å². The van der Waals surface area contributed by atoms with E-state index in [0.29, 0.717) is 25.4 Å². The first kappa shape index (κ1) is 18.7. The zero-order valence-electron chi connectivity index (χ0n) is 13.8. The Hall–Kier alpha value is -1.37. The zero-order chi connectivity index (χ0) is 16.5. The van der Waals surface area contributed by atoms with Crippen LogP contribution in [0.2, 0.25) is 0 Å². The highest BCUT2D eigenvalue weighted by Gasteiger charge is 2.14. The molecule has 6 nitrogen and oxygen atoms in total. The molecule has 0 fully saturated rings. The van der Waals surface area contributed by atoms with Crippen LogP contribution in [0, 0.1) is 6.92 Å². The van der Waals surface area contributed by atoms with Gasteiger partial charge in [0, 0.05) is 24.8 Å². The van der Waals surface area contributed by atoms with Crippen molar-refractivity contribution in [3.05, 3.63) is 27.7 Å². The van der Waals surface area contributed by atoms with Crippen LogP contribution < -0.4 is 5.43 Å². The maximum absolute atomic E-state index is 11.8. The molecule has 0 aliphatic rings. The third-order valence-corrected chi connectivity index (χ3v) is 3.61. The minimum atomic E-state index is -0.344. The summed E-state index contributed by atoms with van der Waals surface area (Å²) in [5, 5.41) is 18.9. The van der Waals surface area contributed by atoms with Gasteiger partial charge >= 0.3 is 0 Å². The quantitative estimate of drug-likeness (QED) is 0.633. The molecule has 0 aliphatic carbocycles. The van der Waals surface area contributed by atoms with Crippen molar-refractivity contribution in [2.24, 2.45) is 0 Å². The van der Waals surface area contributed by atoms with Gasteiger partial charge < -0.3 is 24.4 Å². The van der Waals surface area contributed by atoms with Crippen LogP contribution in [0.3, 0.4) is 0 Å². The van der Waals surface area contributed by atoms with Crippen molar-refractivity contribution < 1.29 is 14.9 Å². The normalized spacial score (nSPS) is 11.3. The molecule has 0 unspecified atom stereocenters. The number of hydrogen-bond acceptors (Lipinski definition) is 5. The lowest BCUT2D eigenvalue weighted by Gasteiger charge is -2.22. The molecule has 0 saturated heterocycles.